The van der Waals surface area contributed by atoms with Crippen LogP contribution in [0.1, 0.15) is 24.4 Å². The molecule has 2 aromatic carbocycles. The van der Waals surface area contributed by atoms with Crippen molar-refractivity contribution in [2.45, 2.75) is 32.1 Å². The van der Waals surface area contributed by atoms with Crippen LogP contribution in [0.5, 0.6) is 5.75 Å². The Balaban J connectivity index is 1.60. The second kappa shape index (κ2) is 7.85. The number of rotatable bonds is 7. The average molecular weight is 399 g/mol. The summed E-state index contributed by atoms with van der Waals surface area (Å²) in [4.78, 5) is 2.12. The van der Waals surface area contributed by atoms with Crippen LogP contribution in [0.25, 0.3) is 11.4 Å². The molecule has 0 atom stereocenters. The Bertz CT molecular complexity index is 1040. The van der Waals surface area contributed by atoms with Crippen LogP contribution in [0.15, 0.2) is 48.5 Å². The van der Waals surface area contributed by atoms with Crippen molar-refractivity contribution >= 4 is 12.2 Å². The summed E-state index contributed by atoms with van der Waals surface area (Å²) < 4.78 is 24.1. The lowest BCUT2D eigenvalue weighted by Crippen LogP contribution is -2.22. The molecule has 1 aliphatic carbocycles. The van der Waals surface area contributed by atoms with Gasteiger partial charge in [0.05, 0.1) is 19.3 Å². The van der Waals surface area contributed by atoms with Crippen molar-refractivity contribution in [1.82, 2.24) is 19.2 Å². The third-order valence-corrected chi connectivity index (χ3v) is 5.27. The molecule has 1 aromatic heterocycles. The molecule has 0 aliphatic heterocycles. The van der Waals surface area contributed by atoms with Gasteiger partial charge in [0, 0.05) is 12.6 Å². The van der Waals surface area contributed by atoms with E-state index in [1.807, 2.05) is 35.9 Å². The lowest BCUT2D eigenvalue weighted by Gasteiger charge is -2.17. The molecule has 0 bridgehead atoms. The van der Waals surface area contributed by atoms with Crippen molar-refractivity contribution in [3.8, 4) is 17.1 Å². The SMILES string of the molecule is COc1cccc(CN(C)Cn2nc(-c3ccccc3F)n(C3CC3)c2=S)c1. The first kappa shape index (κ1) is 18.8. The van der Waals surface area contributed by atoms with E-state index in [-0.39, 0.29) is 5.82 Å². The summed E-state index contributed by atoms with van der Waals surface area (Å²) in [7, 11) is 3.68. The fourth-order valence-electron chi connectivity index (χ4n) is 3.36. The van der Waals surface area contributed by atoms with Gasteiger partial charge in [-0.25, -0.2) is 9.07 Å². The number of aromatic nitrogens is 3. The van der Waals surface area contributed by atoms with Gasteiger partial charge in [0.2, 0.25) is 0 Å². The fraction of sp³-hybridized carbons (Fsp3) is 0.333. The Labute approximate surface area is 169 Å². The summed E-state index contributed by atoms with van der Waals surface area (Å²) >= 11 is 5.69. The standard InChI is InChI=1S/C21H23FN4OS/c1-24(13-15-6-5-7-17(12-15)27-2)14-25-21(28)26(16-10-11-16)20(23-25)18-8-3-4-9-19(18)22/h3-9,12,16H,10-11,13-14H2,1-2H3. The van der Waals surface area contributed by atoms with Crippen molar-refractivity contribution in [3.05, 3.63) is 64.7 Å². The number of nitrogens with zero attached hydrogens (tertiary/aromatic N) is 4. The highest BCUT2D eigenvalue weighted by Gasteiger charge is 2.30. The van der Waals surface area contributed by atoms with Gasteiger partial charge in [-0.2, -0.15) is 5.10 Å². The molecule has 1 aliphatic rings. The van der Waals surface area contributed by atoms with Gasteiger partial charge in [0.1, 0.15) is 11.6 Å². The average Bonchev–Trinajstić information content (AvgIpc) is 3.47. The van der Waals surface area contributed by atoms with Crippen molar-refractivity contribution in [2.75, 3.05) is 14.2 Å². The predicted molar refractivity (Wildman–Crippen MR) is 109 cm³/mol. The molecule has 0 saturated heterocycles. The van der Waals surface area contributed by atoms with E-state index in [4.69, 9.17) is 17.0 Å². The van der Waals surface area contributed by atoms with Gasteiger partial charge in [-0.15, -0.1) is 0 Å². The zero-order valence-electron chi connectivity index (χ0n) is 16.0. The molecule has 1 heterocycles. The van der Waals surface area contributed by atoms with Crippen molar-refractivity contribution < 1.29 is 9.13 Å². The molecule has 5 nitrogen and oxygen atoms in total. The number of hydrogen-bond acceptors (Lipinski definition) is 4. The van der Waals surface area contributed by atoms with E-state index in [2.05, 4.69) is 16.1 Å². The Morgan fingerprint density at radius 2 is 2.00 bits per heavy atom. The number of halogens is 1. The molecule has 0 N–H and O–H groups in total. The van der Waals surface area contributed by atoms with Gasteiger partial charge in [-0.1, -0.05) is 24.3 Å². The number of benzene rings is 2. The minimum Gasteiger partial charge on any atom is -0.497 e. The van der Waals surface area contributed by atoms with Crippen molar-refractivity contribution in [2.24, 2.45) is 0 Å². The van der Waals surface area contributed by atoms with E-state index >= 15 is 0 Å². The van der Waals surface area contributed by atoms with Crippen molar-refractivity contribution in [1.29, 1.82) is 0 Å². The normalized spacial score (nSPS) is 13.9. The van der Waals surface area contributed by atoms with Crippen LogP contribution in [0.3, 0.4) is 0 Å². The lowest BCUT2D eigenvalue weighted by molar-refractivity contribution is 0.243. The van der Waals surface area contributed by atoms with Crippen LogP contribution < -0.4 is 4.74 Å². The molecule has 28 heavy (non-hydrogen) atoms. The molecule has 146 valence electrons. The molecule has 3 aromatic rings. The van der Waals surface area contributed by atoms with Crippen LogP contribution in [-0.4, -0.2) is 33.4 Å². The maximum absolute atomic E-state index is 14.4. The molecule has 0 unspecified atom stereocenters. The Kier molecular flexibility index (Phi) is 5.28. The monoisotopic (exact) mass is 398 g/mol. The highest BCUT2D eigenvalue weighted by atomic mass is 32.1. The smallest absolute Gasteiger partial charge is 0.199 e. The molecular formula is C21H23FN4OS. The minimum absolute atomic E-state index is 0.277. The number of ether oxygens (including phenoxy) is 1. The first-order chi connectivity index (χ1) is 13.6. The summed E-state index contributed by atoms with van der Waals surface area (Å²) in [6.45, 7) is 1.25. The fourth-order valence-corrected chi connectivity index (χ4v) is 3.70. The largest absolute Gasteiger partial charge is 0.497 e. The van der Waals surface area contributed by atoms with E-state index in [0.717, 1.165) is 30.7 Å². The van der Waals surface area contributed by atoms with Gasteiger partial charge >= 0.3 is 0 Å². The quantitative estimate of drug-likeness (QED) is 0.543. The predicted octanol–water partition coefficient (Wildman–Crippen LogP) is 4.65. The molecular weight excluding hydrogens is 375 g/mol. The molecule has 0 spiro atoms. The van der Waals surface area contributed by atoms with Crippen LogP contribution in [0, 0.1) is 10.6 Å². The van der Waals surface area contributed by atoms with Gasteiger partial charge in [-0.05, 0) is 61.9 Å². The van der Waals surface area contributed by atoms with Crippen LogP contribution in [-0.2, 0) is 13.2 Å². The first-order valence-corrected chi connectivity index (χ1v) is 9.73. The summed E-state index contributed by atoms with van der Waals surface area (Å²) in [5.41, 5.74) is 1.64. The Morgan fingerprint density at radius 3 is 2.71 bits per heavy atom. The summed E-state index contributed by atoms with van der Waals surface area (Å²) in [6, 6.07) is 15.0. The van der Waals surface area contributed by atoms with E-state index in [1.54, 1.807) is 23.9 Å². The lowest BCUT2D eigenvalue weighted by atomic mass is 10.2. The summed E-state index contributed by atoms with van der Waals surface area (Å²) in [5, 5.41) is 4.69. The van der Waals surface area contributed by atoms with Gasteiger partial charge in [0.25, 0.3) is 0 Å². The van der Waals surface area contributed by atoms with Crippen LogP contribution >= 0.6 is 12.2 Å². The zero-order valence-corrected chi connectivity index (χ0v) is 16.8. The molecule has 1 saturated carbocycles. The highest BCUT2D eigenvalue weighted by Crippen LogP contribution is 2.39. The molecule has 7 heteroatoms. The molecule has 4 rings (SSSR count). The van der Waals surface area contributed by atoms with Gasteiger partial charge < -0.3 is 4.74 Å². The van der Waals surface area contributed by atoms with Crippen molar-refractivity contribution in [3.63, 3.8) is 0 Å². The number of hydrogen-bond donors (Lipinski definition) is 0. The van der Waals surface area contributed by atoms with Crippen LogP contribution in [0.4, 0.5) is 4.39 Å². The molecule has 0 amide bonds. The third kappa shape index (κ3) is 3.86. The molecule has 0 radical (unpaired) electrons. The van der Waals surface area contributed by atoms with E-state index in [9.17, 15) is 4.39 Å². The second-order valence-electron chi connectivity index (χ2n) is 7.19. The van der Waals surface area contributed by atoms with E-state index < -0.39 is 0 Å². The molecule has 1 fully saturated rings. The van der Waals surface area contributed by atoms with Crippen LogP contribution in [0.2, 0.25) is 0 Å². The highest BCUT2D eigenvalue weighted by molar-refractivity contribution is 7.71. The Morgan fingerprint density at radius 1 is 1.21 bits per heavy atom. The van der Waals surface area contributed by atoms with Gasteiger partial charge in [-0.3, -0.25) is 9.47 Å². The zero-order chi connectivity index (χ0) is 19.7. The number of methoxy groups -OCH3 is 1. The van der Waals surface area contributed by atoms with E-state index in [1.165, 1.54) is 6.07 Å². The summed E-state index contributed by atoms with van der Waals surface area (Å²) in [6.07, 6.45) is 2.11. The maximum Gasteiger partial charge on any atom is 0.199 e. The topological polar surface area (TPSA) is 35.2 Å². The van der Waals surface area contributed by atoms with E-state index in [0.29, 0.717) is 28.9 Å². The first-order valence-electron chi connectivity index (χ1n) is 9.32. The second-order valence-corrected chi connectivity index (χ2v) is 7.56. The summed E-state index contributed by atoms with van der Waals surface area (Å²) in [5.74, 6) is 1.17. The third-order valence-electron chi connectivity index (χ3n) is 4.86. The Hall–Kier alpha value is -2.51. The van der Waals surface area contributed by atoms with Gasteiger partial charge in [0.15, 0.2) is 10.6 Å². The maximum atomic E-state index is 14.4. The minimum atomic E-state index is -0.277.